The SMILES string of the molecule is O=C1CCc2cc(OCCCCc3nnnn3-c3ccccc3)ccc2N1. The number of carbonyl (C=O) groups is 1. The first-order chi connectivity index (χ1) is 13.3. The van der Waals surface area contributed by atoms with E-state index in [0.29, 0.717) is 13.0 Å². The Morgan fingerprint density at radius 2 is 1.96 bits per heavy atom. The summed E-state index contributed by atoms with van der Waals surface area (Å²) in [6.45, 7) is 0.637. The molecular formula is C20H21N5O2. The number of rotatable bonds is 7. The number of nitrogens with zero attached hydrogens (tertiary/aromatic N) is 4. The maximum absolute atomic E-state index is 11.4. The Balaban J connectivity index is 1.26. The third kappa shape index (κ3) is 4.13. The summed E-state index contributed by atoms with van der Waals surface area (Å²) in [5.41, 5.74) is 3.00. The first kappa shape index (κ1) is 17.2. The van der Waals surface area contributed by atoms with Crippen LogP contribution in [0.3, 0.4) is 0 Å². The molecule has 0 fully saturated rings. The molecule has 1 aromatic heterocycles. The average Bonchev–Trinajstić information content (AvgIpc) is 3.17. The first-order valence-corrected chi connectivity index (χ1v) is 9.18. The van der Waals surface area contributed by atoms with E-state index in [2.05, 4.69) is 20.8 Å². The molecule has 2 aromatic carbocycles. The summed E-state index contributed by atoms with van der Waals surface area (Å²) in [6.07, 6.45) is 3.94. The lowest BCUT2D eigenvalue weighted by atomic mass is 10.0. The smallest absolute Gasteiger partial charge is 0.224 e. The van der Waals surface area contributed by atoms with Crippen molar-refractivity contribution in [2.75, 3.05) is 11.9 Å². The monoisotopic (exact) mass is 363 g/mol. The lowest BCUT2D eigenvalue weighted by molar-refractivity contribution is -0.116. The molecule has 4 rings (SSSR count). The molecule has 7 heteroatoms. The van der Waals surface area contributed by atoms with Gasteiger partial charge in [0.1, 0.15) is 5.75 Å². The fraction of sp³-hybridized carbons (Fsp3) is 0.300. The van der Waals surface area contributed by atoms with Crippen molar-refractivity contribution in [1.82, 2.24) is 20.2 Å². The largest absolute Gasteiger partial charge is 0.494 e. The van der Waals surface area contributed by atoms with E-state index in [1.165, 1.54) is 0 Å². The first-order valence-electron chi connectivity index (χ1n) is 9.18. The number of hydrogen-bond acceptors (Lipinski definition) is 5. The Kier molecular flexibility index (Phi) is 5.09. The molecule has 7 nitrogen and oxygen atoms in total. The number of hydrogen-bond donors (Lipinski definition) is 1. The lowest BCUT2D eigenvalue weighted by Crippen LogP contribution is -2.18. The number of aromatic nitrogens is 4. The number of aryl methyl sites for hydroxylation is 2. The Labute approximate surface area is 157 Å². The van der Waals surface area contributed by atoms with Gasteiger partial charge in [0, 0.05) is 18.5 Å². The van der Waals surface area contributed by atoms with E-state index in [1.807, 2.05) is 48.5 Å². The number of tetrazole rings is 1. The van der Waals surface area contributed by atoms with E-state index in [9.17, 15) is 4.79 Å². The molecule has 1 aliphatic heterocycles. The van der Waals surface area contributed by atoms with Crippen LogP contribution in [0.5, 0.6) is 5.75 Å². The van der Waals surface area contributed by atoms with Crippen molar-refractivity contribution < 1.29 is 9.53 Å². The predicted octanol–water partition coefficient (Wildman–Crippen LogP) is 2.95. The summed E-state index contributed by atoms with van der Waals surface area (Å²) < 4.78 is 7.64. The van der Waals surface area contributed by atoms with Crippen LogP contribution in [0, 0.1) is 0 Å². The van der Waals surface area contributed by atoms with Crippen molar-refractivity contribution in [3.63, 3.8) is 0 Å². The molecular weight excluding hydrogens is 342 g/mol. The normalized spacial score (nSPS) is 13.1. The van der Waals surface area contributed by atoms with Crippen molar-refractivity contribution in [3.05, 3.63) is 59.9 Å². The van der Waals surface area contributed by atoms with Crippen molar-refractivity contribution in [2.24, 2.45) is 0 Å². The van der Waals surface area contributed by atoms with Gasteiger partial charge in [-0.05, 0) is 65.6 Å². The maximum Gasteiger partial charge on any atom is 0.224 e. The van der Waals surface area contributed by atoms with Gasteiger partial charge in [-0.15, -0.1) is 5.10 Å². The Hall–Kier alpha value is -3.22. The van der Waals surface area contributed by atoms with Gasteiger partial charge in [-0.3, -0.25) is 4.79 Å². The number of benzene rings is 2. The van der Waals surface area contributed by atoms with Crippen LogP contribution in [0.4, 0.5) is 5.69 Å². The zero-order chi connectivity index (χ0) is 18.5. The summed E-state index contributed by atoms with van der Waals surface area (Å²) in [4.78, 5) is 11.4. The van der Waals surface area contributed by atoms with E-state index in [0.717, 1.165) is 54.2 Å². The molecule has 2 heterocycles. The van der Waals surface area contributed by atoms with E-state index < -0.39 is 0 Å². The van der Waals surface area contributed by atoms with Crippen LogP contribution in [0.2, 0.25) is 0 Å². The van der Waals surface area contributed by atoms with Crippen molar-refractivity contribution in [3.8, 4) is 11.4 Å². The molecule has 27 heavy (non-hydrogen) atoms. The molecule has 1 N–H and O–H groups in total. The van der Waals surface area contributed by atoms with E-state index >= 15 is 0 Å². The van der Waals surface area contributed by atoms with Gasteiger partial charge >= 0.3 is 0 Å². The van der Waals surface area contributed by atoms with E-state index in [1.54, 1.807) is 4.68 Å². The third-order valence-electron chi connectivity index (χ3n) is 4.57. The molecule has 0 saturated carbocycles. The van der Waals surface area contributed by atoms with E-state index in [-0.39, 0.29) is 5.91 Å². The van der Waals surface area contributed by atoms with Gasteiger partial charge in [-0.1, -0.05) is 18.2 Å². The highest BCUT2D eigenvalue weighted by Gasteiger charge is 2.15. The van der Waals surface area contributed by atoms with Gasteiger partial charge in [0.05, 0.1) is 12.3 Å². The zero-order valence-electron chi connectivity index (χ0n) is 15.0. The highest BCUT2D eigenvalue weighted by molar-refractivity contribution is 5.93. The summed E-state index contributed by atoms with van der Waals surface area (Å²) in [7, 11) is 0. The average molecular weight is 363 g/mol. The van der Waals surface area contributed by atoms with Gasteiger partial charge in [-0.2, -0.15) is 4.68 Å². The molecule has 1 aliphatic rings. The highest BCUT2D eigenvalue weighted by atomic mass is 16.5. The minimum Gasteiger partial charge on any atom is -0.494 e. The predicted molar refractivity (Wildman–Crippen MR) is 101 cm³/mol. The molecule has 138 valence electrons. The van der Waals surface area contributed by atoms with Crippen LogP contribution in [0.25, 0.3) is 5.69 Å². The number of fused-ring (bicyclic) bond motifs is 1. The lowest BCUT2D eigenvalue weighted by Gasteiger charge is -2.17. The van der Waals surface area contributed by atoms with Gasteiger partial charge in [-0.25, -0.2) is 0 Å². The van der Waals surface area contributed by atoms with Gasteiger partial charge < -0.3 is 10.1 Å². The highest BCUT2D eigenvalue weighted by Crippen LogP contribution is 2.26. The number of carbonyl (C=O) groups excluding carboxylic acids is 1. The standard InChI is InChI=1S/C20H21N5O2/c26-20-12-9-15-14-17(10-11-18(15)21-20)27-13-5-4-8-19-22-23-24-25(19)16-6-2-1-3-7-16/h1-3,6-7,10-11,14H,4-5,8-9,12-13H2,(H,21,26). The van der Waals surface area contributed by atoms with Gasteiger partial charge in [0.2, 0.25) is 5.91 Å². The van der Waals surface area contributed by atoms with E-state index in [4.69, 9.17) is 4.74 Å². The second-order valence-corrected chi connectivity index (χ2v) is 6.52. The number of para-hydroxylation sites is 1. The fourth-order valence-electron chi connectivity index (χ4n) is 3.16. The van der Waals surface area contributed by atoms with Crippen LogP contribution < -0.4 is 10.1 Å². The molecule has 0 saturated heterocycles. The fourth-order valence-corrected chi connectivity index (χ4v) is 3.16. The number of ether oxygens (including phenoxy) is 1. The zero-order valence-corrected chi connectivity index (χ0v) is 15.0. The van der Waals surface area contributed by atoms with Crippen LogP contribution >= 0.6 is 0 Å². The summed E-state index contributed by atoms with van der Waals surface area (Å²) in [5.74, 6) is 1.78. The summed E-state index contributed by atoms with van der Waals surface area (Å²) in [5, 5.41) is 14.9. The maximum atomic E-state index is 11.4. The van der Waals surface area contributed by atoms with Crippen molar-refractivity contribution in [2.45, 2.75) is 32.1 Å². The Bertz CT molecular complexity index is 923. The second-order valence-electron chi connectivity index (χ2n) is 6.52. The molecule has 1 amide bonds. The Morgan fingerprint density at radius 1 is 1.07 bits per heavy atom. The molecule has 3 aromatic rings. The third-order valence-corrected chi connectivity index (χ3v) is 4.57. The van der Waals surface area contributed by atoms with Crippen LogP contribution in [-0.4, -0.2) is 32.7 Å². The number of anilines is 1. The Morgan fingerprint density at radius 3 is 2.85 bits per heavy atom. The molecule has 0 aliphatic carbocycles. The number of nitrogens with one attached hydrogen (secondary N) is 1. The molecule has 0 bridgehead atoms. The van der Waals surface area contributed by atoms with Crippen LogP contribution in [0.15, 0.2) is 48.5 Å². The topological polar surface area (TPSA) is 81.9 Å². The van der Waals surface area contributed by atoms with Gasteiger partial charge in [0.15, 0.2) is 5.82 Å². The minimum absolute atomic E-state index is 0.0778. The van der Waals surface area contributed by atoms with Crippen molar-refractivity contribution in [1.29, 1.82) is 0 Å². The number of unbranched alkanes of at least 4 members (excludes halogenated alkanes) is 1. The molecule has 0 spiro atoms. The molecule has 0 radical (unpaired) electrons. The van der Waals surface area contributed by atoms with Crippen molar-refractivity contribution >= 4 is 11.6 Å². The van der Waals surface area contributed by atoms with Crippen LogP contribution in [-0.2, 0) is 17.6 Å². The van der Waals surface area contributed by atoms with Gasteiger partial charge in [0.25, 0.3) is 0 Å². The summed E-state index contributed by atoms with van der Waals surface area (Å²) in [6, 6.07) is 15.7. The number of amides is 1. The van der Waals surface area contributed by atoms with Crippen LogP contribution in [0.1, 0.15) is 30.7 Å². The molecule has 0 unspecified atom stereocenters. The minimum atomic E-state index is 0.0778. The summed E-state index contributed by atoms with van der Waals surface area (Å²) >= 11 is 0. The second kappa shape index (κ2) is 7.99. The molecule has 0 atom stereocenters. The quantitative estimate of drug-likeness (QED) is 0.653.